The largest absolute Gasteiger partial charge is 0.573 e. The number of hydrogen-bond acceptors (Lipinski definition) is 12. The van der Waals surface area contributed by atoms with Crippen LogP contribution in [0, 0.1) is 5.92 Å². The fourth-order valence-electron chi connectivity index (χ4n) is 4.73. The van der Waals surface area contributed by atoms with E-state index in [0.717, 1.165) is 44.2 Å². The number of rotatable bonds is 13. The fourth-order valence-corrected chi connectivity index (χ4v) is 6.41. The number of carbonyl (C=O) groups is 3. The van der Waals surface area contributed by atoms with Gasteiger partial charge in [-0.2, -0.15) is 5.21 Å². The van der Waals surface area contributed by atoms with Crippen LogP contribution >= 0.6 is 23.5 Å². The molecular weight excluding hydrogens is 835 g/mol. The molecule has 0 atom stereocenters. The van der Waals surface area contributed by atoms with Crippen LogP contribution < -0.4 is 9.47 Å². The number of alkyl halides is 6. The summed E-state index contributed by atoms with van der Waals surface area (Å²) in [7, 11) is 0. The van der Waals surface area contributed by atoms with E-state index in [1.54, 1.807) is 62.4 Å². The summed E-state index contributed by atoms with van der Waals surface area (Å²) in [4.78, 5) is 35.7. The second-order valence-electron chi connectivity index (χ2n) is 12.0. The zero-order valence-corrected chi connectivity index (χ0v) is 31.8. The number of H-pyrrole nitrogens is 1. The molecule has 22 heteroatoms. The van der Waals surface area contributed by atoms with Crippen molar-refractivity contribution in [3.05, 3.63) is 108 Å². The fraction of sp³-hybridized carbons (Fsp3) is 0.162. The first-order chi connectivity index (χ1) is 27.8. The van der Waals surface area contributed by atoms with E-state index in [4.69, 9.17) is 9.84 Å². The zero-order chi connectivity index (χ0) is 42.9. The van der Waals surface area contributed by atoms with Gasteiger partial charge in [0.25, 0.3) is 0 Å². The summed E-state index contributed by atoms with van der Waals surface area (Å²) in [5.41, 5.74) is 2.52. The van der Waals surface area contributed by atoms with Crippen LogP contribution in [0.15, 0.2) is 117 Å². The number of hydrogen-bond donors (Lipinski definition) is 3. The Labute approximate surface area is 337 Å². The van der Waals surface area contributed by atoms with Crippen molar-refractivity contribution >= 4 is 41.4 Å². The first kappa shape index (κ1) is 43.6. The van der Waals surface area contributed by atoms with Crippen LogP contribution in [0.5, 0.6) is 11.5 Å². The lowest BCUT2D eigenvalue weighted by Gasteiger charge is -2.09. The van der Waals surface area contributed by atoms with Crippen molar-refractivity contribution in [1.82, 2.24) is 30.4 Å². The molecular formula is C37H28F6N6O8S2. The normalized spacial score (nSPS) is 11.4. The number of carboxylic acid groups (broad SMARTS) is 2. The molecule has 4 aromatic carbocycles. The van der Waals surface area contributed by atoms with Crippen LogP contribution in [0.3, 0.4) is 0 Å². The molecule has 59 heavy (non-hydrogen) atoms. The van der Waals surface area contributed by atoms with Crippen LogP contribution in [-0.2, 0) is 16.3 Å². The van der Waals surface area contributed by atoms with Crippen LogP contribution in [0.1, 0.15) is 34.8 Å². The second kappa shape index (κ2) is 18.8. The van der Waals surface area contributed by atoms with Gasteiger partial charge < -0.3 is 24.4 Å². The van der Waals surface area contributed by atoms with E-state index >= 15 is 0 Å². The minimum absolute atomic E-state index is 0.115. The van der Waals surface area contributed by atoms with Crippen LogP contribution in [-0.4, -0.2) is 71.3 Å². The number of ether oxygens (including phenoxy) is 3. The SMILES string of the molecule is CC(C)C(=O)OCn1nnc(Sc2ccc(-c3ccc(OC(F)(F)F)cc3)cc2)c1C(=O)O.O=C(O)c1n[nH]nc1Sc1ccc(-c2ccc(OC(F)(F)F)cc2)cc1. The Morgan fingerprint density at radius 2 is 1.08 bits per heavy atom. The van der Waals surface area contributed by atoms with E-state index in [1.165, 1.54) is 48.5 Å². The van der Waals surface area contributed by atoms with Crippen molar-refractivity contribution in [2.45, 2.75) is 53.1 Å². The molecule has 3 N–H and O–H groups in total. The van der Waals surface area contributed by atoms with Gasteiger partial charge in [-0.1, -0.05) is 91.1 Å². The summed E-state index contributed by atoms with van der Waals surface area (Å²) < 4.78 is 87.1. The van der Waals surface area contributed by atoms with E-state index in [9.17, 15) is 45.8 Å². The number of carbonyl (C=O) groups excluding carboxylic acids is 1. The van der Waals surface area contributed by atoms with Gasteiger partial charge in [-0.3, -0.25) is 4.79 Å². The first-order valence-corrected chi connectivity index (χ1v) is 18.2. The Balaban J connectivity index is 0.000000230. The van der Waals surface area contributed by atoms with Gasteiger partial charge in [-0.15, -0.1) is 41.6 Å². The third-order valence-electron chi connectivity index (χ3n) is 7.41. The Bertz CT molecular complexity index is 2370. The Kier molecular flexibility index (Phi) is 13.9. The first-order valence-electron chi connectivity index (χ1n) is 16.6. The molecule has 0 bridgehead atoms. The molecule has 0 radical (unpaired) electrons. The molecule has 0 saturated carbocycles. The molecule has 0 aliphatic carbocycles. The quantitative estimate of drug-likeness (QED) is 0.0736. The second-order valence-corrected chi connectivity index (χ2v) is 14.1. The molecule has 308 valence electrons. The van der Waals surface area contributed by atoms with Gasteiger partial charge >= 0.3 is 30.6 Å². The minimum atomic E-state index is -4.76. The highest BCUT2D eigenvalue weighted by Gasteiger charge is 2.32. The molecule has 6 aromatic rings. The lowest BCUT2D eigenvalue weighted by molar-refractivity contribution is -0.275. The smallest absolute Gasteiger partial charge is 0.476 e. The number of nitrogens with one attached hydrogen (secondary N) is 1. The van der Waals surface area contributed by atoms with E-state index in [0.29, 0.717) is 16.0 Å². The monoisotopic (exact) mass is 862 g/mol. The van der Waals surface area contributed by atoms with Gasteiger partial charge in [0.1, 0.15) is 11.5 Å². The van der Waals surface area contributed by atoms with Crippen molar-refractivity contribution in [2.75, 3.05) is 0 Å². The molecule has 0 unspecified atom stereocenters. The van der Waals surface area contributed by atoms with Crippen LogP contribution in [0.2, 0.25) is 0 Å². The summed E-state index contributed by atoms with van der Waals surface area (Å²) in [5, 5.41) is 36.1. The number of esters is 1. The van der Waals surface area contributed by atoms with Crippen molar-refractivity contribution in [2.24, 2.45) is 5.92 Å². The highest BCUT2D eigenvalue weighted by Crippen LogP contribution is 2.33. The Hall–Kier alpha value is -6.55. The summed E-state index contributed by atoms with van der Waals surface area (Å²) >= 11 is 2.19. The number of halogens is 6. The lowest BCUT2D eigenvalue weighted by atomic mass is 10.1. The highest BCUT2D eigenvalue weighted by atomic mass is 32.2. The maximum absolute atomic E-state index is 12.3. The maximum Gasteiger partial charge on any atom is 0.573 e. The van der Waals surface area contributed by atoms with Gasteiger partial charge in [-0.05, 0) is 70.8 Å². The van der Waals surface area contributed by atoms with E-state index < -0.39 is 30.6 Å². The predicted molar refractivity (Wildman–Crippen MR) is 197 cm³/mol. The van der Waals surface area contributed by atoms with Gasteiger partial charge in [0.2, 0.25) is 5.69 Å². The third kappa shape index (κ3) is 12.7. The predicted octanol–water partition coefficient (Wildman–Crippen LogP) is 9.07. The molecule has 0 fully saturated rings. The van der Waals surface area contributed by atoms with Gasteiger partial charge in [-0.25, -0.2) is 14.3 Å². The van der Waals surface area contributed by atoms with Crippen molar-refractivity contribution in [3.63, 3.8) is 0 Å². The van der Waals surface area contributed by atoms with Crippen molar-refractivity contribution in [1.29, 1.82) is 0 Å². The van der Waals surface area contributed by atoms with Crippen molar-refractivity contribution < 1.29 is 65.1 Å². The molecule has 0 amide bonds. The average molecular weight is 863 g/mol. The van der Waals surface area contributed by atoms with E-state index in [-0.39, 0.29) is 45.6 Å². The molecule has 2 aromatic heterocycles. The highest BCUT2D eigenvalue weighted by molar-refractivity contribution is 7.99. The molecule has 0 spiro atoms. The average Bonchev–Trinajstić information content (AvgIpc) is 3.81. The molecule has 0 aliphatic heterocycles. The molecule has 0 saturated heterocycles. The third-order valence-corrected chi connectivity index (χ3v) is 9.37. The minimum Gasteiger partial charge on any atom is -0.476 e. The number of benzene rings is 4. The molecule has 14 nitrogen and oxygen atoms in total. The topological polar surface area (TPSA) is 192 Å². The van der Waals surface area contributed by atoms with Crippen LogP contribution in [0.25, 0.3) is 22.3 Å². The summed E-state index contributed by atoms with van der Waals surface area (Å²) in [6.07, 6.45) is -9.48. The lowest BCUT2D eigenvalue weighted by Crippen LogP contribution is -2.18. The standard InChI is InChI=1S/C21H18F3N3O5S.C16H10F3N3O3S/c1-12(2)20(30)31-11-27-17(19(28)29)18(25-26-27)33-16-9-5-14(6-10-16)13-3-7-15(8-4-13)32-21(22,23)24;17-16(18,19)25-11-5-1-9(2-6-11)10-3-7-12(8-4-10)26-14-13(15(23)24)20-22-21-14/h3-10,12H,11H2,1-2H3,(H,28,29);1-8H,(H,23,24)(H,20,21,22). The number of aromatic amines is 1. The number of carboxylic acids is 2. The van der Waals surface area contributed by atoms with Gasteiger partial charge in [0.15, 0.2) is 22.5 Å². The van der Waals surface area contributed by atoms with E-state index in [2.05, 4.69) is 35.2 Å². The molecule has 6 rings (SSSR count). The van der Waals surface area contributed by atoms with E-state index in [1.807, 2.05) is 0 Å². The summed E-state index contributed by atoms with van der Waals surface area (Å²) in [6, 6.07) is 24.9. The molecule has 0 aliphatic rings. The van der Waals surface area contributed by atoms with Gasteiger partial charge in [0.05, 0.1) is 5.92 Å². The Morgan fingerprint density at radius 1 is 0.661 bits per heavy atom. The zero-order valence-electron chi connectivity index (χ0n) is 30.2. The number of aromatic carboxylic acids is 2. The number of nitrogens with zero attached hydrogens (tertiary/aromatic N) is 5. The van der Waals surface area contributed by atoms with Crippen molar-refractivity contribution in [3.8, 4) is 33.8 Å². The van der Waals surface area contributed by atoms with Crippen LogP contribution in [0.4, 0.5) is 26.3 Å². The van der Waals surface area contributed by atoms with Gasteiger partial charge in [0, 0.05) is 9.79 Å². The summed E-state index contributed by atoms with van der Waals surface area (Å²) in [6.45, 7) is 2.92. The molecule has 2 heterocycles. The Morgan fingerprint density at radius 3 is 1.47 bits per heavy atom. The maximum atomic E-state index is 12.3. The summed E-state index contributed by atoms with van der Waals surface area (Å²) in [5.74, 6) is -3.94. The number of aromatic nitrogens is 6.